The second kappa shape index (κ2) is 8.81. The summed E-state index contributed by atoms with van der Waals surface area (Å²) in [6, 6.07) is 5.31. The van der Waals surface area contributed by atoms with Crippen LogP contribution in [0.15, 0.2) is 24.3 Å². The molecule has 1 atom stereocenters. The van der Waals surface area contributed by atoms with E-state index in [1.165, 1.54) is 31.0 Å². The molecule has 2 amide bonds. The molecule has 1 aliphatic carbocycles. The van der Waals surface area contributed by atoms with Crippen LogP contribution in [0, 0.1) is 11.7 Å². The Morgan fingerprint density at radius 3 is 2.29 bits per heavy atom. The van der Waals surface area contributed by atoms with Gasteiger partial charge in [-0.1, -0.05) is 51.7 Å². The smallest absolute Gasteiger partial charge is 0.254 e. The molecule has 0 spiro atoms. The van der Waals surface area contributed by atoms with Gasteiger partial charge in [-0.15, -0.1) is 0 Å². The van der Waals surface area contributed by atoms with Crippen molar-refractivity contribution >= 4 is 11.8 Å². The summed E-state index contributed by atoms with van der Waals surface area (Å²) in [5.74, 6) is -1.39. The molecule has 24 heavy (non-hydrogen) atoms. The Balaban J connectivity index is 2.01. The quantitative estimate of drug-likeness (QED) is 0.811. The summed E-state index contributed by atoms with van der Waals surface area (Å²) in [4.78, 5) is 24.9. The number of nitrogens with one attached hydrogen (secondary N) is 2. The first-order valence-electron chi connectivity index (χ1n) is 8.85. The summed E-state index contributed by atoms with van der Waals surface area (Å²) < 4.78 is 13.7. The molecule has 5 heteroatoms. The van der Waals surface area contributed by atoms with Crippen LogP contribution in [0.2, 0.25) is 0 Å². The minimum absolute atomic E-state index is 0.0367. The maximum atomic E-state index is 13.7. The zero-order valence-corrected chi connectivity index (χ0v) is 14.5. The Morgan fingerprint density at radius 2 is 1.71 bits per heavy atom. The van der Waals surface area contributed by atoms with Crippen LogP contribution >= 0.6 is 0 Å². The van der Waals surface area contributed by atoms with Gasteiger partial charge in [-0.25, -0.2) is 4.39 Å². The molecule has 1 aromatic carbocycles. The summed E-state index contributed by atoms with van der Waals surface area (Å²) in [5.41, 5.74) is -0.0367. The topological polar surface area (TPSA) is 58.2 Å². The molecule has 0 bridgehead atoms. The van der Waals surface area contributed by atoms with Crippen molar-refractivity contribution in [1.82, 2.24) is 10.6 Å². The van der Waals surface area contributed by atoms with Crippen molar-refractivity contribution in [1.29, 1.82) is 0 Å². The summed E-state index contributed by atoms with van der Waals surface area (Å²) in [7, 11) is 0. The van der Waals surface area contributed by atoms with Crippen molar-refractivity contribution in [3.63, 3.8) is 0 Å². The second-order valence-corrected chi connectivity index (χ2v) is 6.87. The van der Waals surface area contributed by atoms with Gasteiger partial charge in [-0.3, -0.25) is 9.59 Å². The van der Waals surface area contributed by atoms with E-state index in [1.54, 1.807) is 6.07 Å². The second-order valence-electron chi connectivity index (χ2n) is 6.87. The highest BCUT2D eigenvalue weighted by Crippen LogP contribution is 2.18. The molecule has 1 fully saturated rings. The highest BCUT2D eigenvalue weighted by atomic mass is 19.1. The average molecular weight is 334 g/mol. The van der Waals surface area contributed by atoms with Gasteiger partial charge in [0.05, 0.1) is 5.56 Å². The first-order chi connectivity index (χ1) is 11.5. The van der Waals surface area contributed by atoms with Crippen LogP contribution in [0.1, 0.15) is 62.7 Å². The van der Waals surface area contributed by atoms with E-state index >= 15 is 0 Å². The van der Waals surface area contributed by atoms with Gasteiger partial charge in [-0.2, -0.15) is 0 Å². The average Bonchev–Trinajstić information content (AvgIpc) is 2.81. The number of halogens is 1. The van der Waals surface area contributed by atoms with Gasteiger partial charge in [0.25, 0.3) is 5.91 Å². The van der Waals surface area contributed by atoms with Crippen molar-refractivity contribution in [3.8, 4) is 0 Å². The normalized spacial score (nSPS) is 17.2. The van der Waals surface area contributed by atoms with E-state index < -0.39 is 17.8 Å². The van der Waals surface area contributed by atoms with Gasteiger partial charge in [0.1, 0.15) is 11.9 Å². The van der Waals surface area contributed by atoms with Crippen LogP contribution in [-0.4, -0.2) is 23.9 Å². The van der Waals surface area contributed by atoms with Crippen LogP contribution in [0.25, 0.3) is 0 Å². The lowest BCUT2D eigenvalue weighted by Gasteiger charge is -2.25. The highest BCUT2D eigenvalue weighted by molar-refractivity contribution is 5.97. The standard InChI is InChI=1S/C19H27FN2O2/c1-13(2)17(19(24)21-14-9-5-3-4-6-10-14)22-18(23)15-11-7-8-12-16(15)20/h7-8,11-14,17H,3-6,9-10H2,1-2H3,(H,21,24)(H,22,23)/t17-/m1/s1. The molecule has 2 rings (SSSR count). The molecule has 132 valence electrons. The molecule has 0 saturated heterocycles. The third-order valence-corrected chi connectivity index (χ3v) is 4.56. The summed E-state index contributed by atoms with van der Waals surface area (Å²) in [5, 5.41) is 5.75. The Kier molecular flexibility index (Phi) is 6.76. The van der Waals surface area contributed by atoms with E-state index in [-0.39, 0.29) is 23.4 Å². The Bertz CT molecular complexity index is 566. The Morgan fingerprint density at radius 1 is 1.08 bits per heavy atom. The van der Waals surface area contributed by atoms with Gasteiger partial charge in [0.2, 0.25) is 5.91 Å². The first-order valence-corrected chi connectivity index (χ1v) is 8.85. The molecule has 0 aromatic heterocycles. The Labute approximate surface area is 143 Å². The fraction of sp³-hybridized carbons (Fsp3) is 0.579. The lowest BCUT2D eigenvalue weighted by Crippen LogP contribution is -2.52. The lowest BCUT2D eigenvalue weighted by atomic mass is 10.0. The predicted molar refractivity (Wildman–Crippen MR) is 92.1 cm³/mol. The van der Waals surface area contributed by atoms with Crippen LogP contribution < -0.4 is 10.6 Å². The summed E-state index contributed by atoms with van der Waals surface area (Å²) >= 11 is 0. The molecule has 0 heterocycles. The molecule has 0 radical (unpaired) electrons. The van der Waals surface area contributed by atoms with E-state index in [4.69, 9.17) is 0 Å². The SMILES string of the molecule is CC(C)[C@@H](NC(=O)c1ccccc1F)C(=O)NC1CCCCCC1. The number of hydrogen-bond donors (Lipinski definition) is 2. The van der Waals surface area contributed by atoms with Crippen LogP contribution in [0.5, 0.6) is 0 Å². The number of rotatable bonds is 5. The van der Waals surface area contributed by atoms with Crippen LogP contribution in [0.3, 0.4) is 0 Å². The van der Waals surface area contributed by atoms with Crippen molar-refractivity contribution in [3.05, 3.63) is 35.6 Å². The number of benzene rings is 1. The minimum atomic E-state index is -0.666. The van der Waals surface area contributed by atoms with Crippen molar-refractivity contribution in [2.75, 3.05) is 0 Å². The van der Waals surface area contributed by atoms with Crippen molar-refractivity contribution in [2.45, 2.75) is 64.5 Å². The van der Waals surface area contributed by atoms with E-state index in [9.17, 15) is 14.0 Å². The molecule has 0 unspecified atom stereocenters. The highest BCUT2D eigenvalue weighted by Gasteiger charge is 2.27. The molecule has 4 nitrogen and oxygen atoms in total. The minimum Gasteiger partial charge on any atom is -0.352 e. The van der Waals surface area contributed by atoms with E-state index in [0.717, 1.165) is 25.7 Å². The zero-order valence-electron chi connectivity index (χ0n) is 14.5. The predicted octanol–water partition coefficient (Wildman–Crippen LogP) is 3.42. The molecular formula is C19H27FN2O2. The summed E-state index contributed by atoms with van der Waals surface area (Å²) in [6.45, 7) is 3.75. The fourth-order valence-electron chi connectivity index (χ4n) is 3.11. The van der Waals surface area contributed by atoms with Crippen LogP contribution in [-0.2, 0) is 4.79 Å². The van der Waals surface area contributed by atoms with Gasteiger partial charge in [-0.05, 0) is 30.9 Å². The molecule has 1 saturated carbocycles. The maximum Gasteiger partial charge on any atom is 0.254 e. The van der Waals surface area contributed by atoms with E-state index in [2.05, 4.69) is 10.6 Å². The maximum absolute atomic E-state index is 13.7. The molecule has 1 aliphatic rings. The van der Waals surface area contributed by atoms with Gasteiger partial charge in [0.15, 0.2) is 0 Å². The van der Waals surface area contributed by atoms with Crippen molar-refractivity contribution in [2.24, 2.45) is 5.92 Å². The third-order valence-electron chi connectivity index (χ3n) is 4.56. The largest absolute Gasteiger partial charge is 0.352 e. The van der Waals surface area contributed by atoms with E-state index in [1.807, 2.05) is 13.8 Å². The molecule has 1 aromatic rings. The molecule has 0 aliphatic heterocycles. The number of hydrogen-bond acceptors (Lipinski definition) is 2. The third kappa shape index (κ3) is 5.05. The number of carbonyl (C=O) groups is 2. The first kappa shape index (κ1) is 18.4. The number of amides is 2. The molecule has 2 N–H and O–H groups in total. The van der Waals surface area contributed by atoms with Gasteiger partial charge in [0, 0.05) is 6.04 Å². The summed E-state index contributed by atoms with van der Waals surface area (Å²) in [6.07, 6.45) is 6.64. The molecular weight excluding hydrogens is 307 g/mol. The monoisotopic (exact) mass is 334 g/mol. The lowest BCUT2D eigenvalue weighted by molar-refractivity contribution is -0.124. The van der Waals surface area contributed by atoms with Crippen molar-refractivity contribution < 1.29 is 14.0 Å². The fourth-order valence-corrected chi connectivity index (χ4v) is 3.11. The van der Waals surface area contributed by atoms with Crippen LogP contribution in [0.4, 0.5) is 4.39 Å². The Hall–Kier alpha value is -1.91. The van der Waals surface area contributed by atoms with E-state index in [0.29, 0.717) is 0 Å². The number of carbonyl (C=O) groups excluding carboxylic acids is 2. The van der Waals surface area contributed by atoms with Gasteiger partial charge >= 0.3 is 0 Å². The van der Waals surface area contributed by atoms with Gasteiger partial charge < -0.3 is 10.6 Å². The zero-order chi connectivity index (χ0) is 17.5.